The number of guanidine groups is 1. The molecule has 0 spiro atoms. The zero-order chi connectivity index (χ0) is 13.8. The van der Waals surface area contributed by atoms with Gasteiger partial charge in [-0.05, 0) is 48.9 Å². The van der Waals surface area contributed by atoms with Crippen LogP contribution in [-0.2, 0) is 19.4 Å². The number of hydrogen-bond donors (Lipinski definition) is 2. The Balaban J connectivity index is 0.00000161. The number of anilines is 1. The highest BCUT2D eigenvalue weighted by atomic mass is 127. The second-order valence-electron chi connectivity index (χ2n) is 5.11. The second kappa shape index (κ2) is 7.49. The molecule has 0 bridgehead atoms. The number of benzene rings is 1. The Morgan fingerprint density at radius 2 is 2.10 bits per heavy atom. The van der Waals surface area contributed by atoms with Gasteiger partial charge in [0.2, 0.25) is 0 Å². The molecule has 4 nitrogen and oxygen atoms in total. The van der Waals surface area contributed by atoms with Crippen LogP contribution in [0.5, 0.6) is 0 Å². The van der Waals surface area contributed by atoms with Crippen molar-refractivity contribution in [3.63, 3.8) is 0 Å². The Morgan fingerprint density at radius 1 is 1.24 bits per heavy atom. The summed E-state index contributed by atoms with van der Waals surface area (Å²) in [5.41, 5.74) is 10.9. The smallest absolute Gasteiger partial charge is 0.193 e. The van der Waals surface area contributed by atoms with E-state index < -0.39 is 0 Å². The monoisotopic (exact) mass is 397 g/mol. The lowest BCUT2D eigenvalue weighted by Crippen LogP contribution is -2.24. The Hall–Kier alpha value is -1.50. The molecular formula is C16H20IN3O. The van der Waals surface area contributed by atoms with E-state index in [0.717, 1.165) is 24.1 Å². The summed E-state index contributed by atoms with van der Waals surface area (Å²) in [5.74, 6) is 0.449. The largest absolute Gasteiger partial charge is 0.472 e. The highest BCUT2D eigenvalue weighted by Gasteiger charge is 2.12. The van der Waals surface area contributed by atoms with E-state index >= 15 is 0 Å². The van der Waals surface area contributed by atoms with Crippen molar-refractivity contribution >= 4 is 35.6 Å². The molecular weight excluding hydrogens is 377 g/mol. The minimum atomic E-state index is 0. The number of nitrogens with zero attached hydrogens (tertiary/aromatic N) is 1. The molecule has 3 rings (SSSR count). The van der Waals surface area contributed by atoms with E-state index in [-0.39, 0.29) is 24.0 Å². The molecule has 3 N–H and O–H groups in total. The molecule has 0 aliphatic heterocycles. The maximum atomic E-state index is 5.96. The summed E-state index contributed by atoms with van der Waals surface area (Å²) in [5, 5.41) is 3.23. The molecule has 0 atom stereocenters. The van der Waals surface area contributed by atoms with Gasteiger partial charge in [0.15, 0.2) is 5.96 Å². The van der Waals surface area contributed by atoms with Crippen molar-refractivity contribution in [1.82, 2.24) is 0 Å². The molecule has 0 radical (unpaired) electrons. The fourth-order valence-corrected chi connectivity index (χ4v) is 2.64. The topological polar surface area (TPSA) is 63.5 Å². The van der Waals surface area contributed by atoms with Crippen LogP contribution >= 0.6 is 24.0 Å². The quantitative estimate of drug-likeness (QED) is 0.472. The van der Waals surface area contributed by atoms with E-state index in [1.807, 2.05) is 6.07 Å². The van der Waals surface area contributed by atoms with Gasteiger partial charge < -0.3 is 15.5 Å². The van der Waals surface area contributed by atoms with Gasteiger partial charge in [-0.15, -0.1) is 24.0 Å². The predicted octanol–water partition coefficient (Wildman–Crippen LogP) is 3.70. The molecule has 2 aromatic rings. The Morgan fingerprint density at radius 3 is 2.90 bits per heavy atom. The van der Waals surface area contributed by atoms with E-state index in [9.17, 15) is 0 Å². The number of rotatable bonds is 3. The normalized spacial score (nSPS) is 14.2. The minimum absolute atomic E-state index is 0. The van der Waals surface area contributed by atoms with Crippen molar-refractivity contribution in [2.75, 3.05) is 5.32 Å². The van der Waals surface area contributed by atoms with Crippen molar-refractivity contribution in [2.24, 2.45) is 10.7 Å². The summed E-state index contributed by atoms with van der Waals surface area (Å²) in [6.45, 7) is 0.532. The molecule has 1 aliphatic rings. The summed E-state index contributed by atoms with van der Waals surface area (Å²) >= 11 is 0. The zero-order valence-electron chi connectivity index (χ0n) is 11.8. The standard InChI is InChI=1S/C16H19N3O.HI/c17-16(18-10-12-8-9-20-11-12)19-15-7-3-5-13-4-1-2-6-14(13)15;/h3,5,7-9,11H,1-2,4,6,10H2,(H3,17,18,19);1H. The van der Waals surface area contributed by atoms with Crippen molar-refractivity contribution in [2.45, 2.75) is 32.2 Å². The first-order valence-corrected chi connectivity index (χ1v) is 7.02. The van der Waals surface area contributed by atoms with E-state index in [1.54, 1.807) is 12.5 Å². The SMILES string of the molecule is I.NC(=NCc1ccoc1)Nc1cccc2c1CCCC2. The van der Waals surface area contributed by atoms with Crippen molar-refractivity contribution in [3.05, 3.63) is 53.5 Å². The summed E-state index contributed by atoms with van der Waals surface area (Å²) in [6, 6.07) is 8.25. The maximum absolute atomic E-state index is 5.96. The molecule has 1 heterocycles. The first-order valence-electron chi connectivity index (χ1n) is 7.02. The number of aryl methyl sites for hydroxylation is 1. The van der Waals surface area contributed by atoms with Crippen LogP contribution in [0.25, 0.3) is 0 Å². The third-order valence-electron chi connectivity index (χ3n) is 3.67. The van der Waals surface area contributed by atoms with Gasteiger partial charge in [0.25, 0.3) is 0 Å². The fraction of sp³-hybridized carbons (Fsp3) is 0.312. The summed E-state index contributed by atoms with van der Waals surface area (Å²) in [4.78, 5) is 4.33. The fourth-order valence-electron chi connectivity index (χ4n) is 2.64. The van der Waals surface area contributed by atoms with Crippen molar-refractivity contribution in [1.29, 1.82) is 0 Å². The van der Waals surface area contributed by atoms with Crippen molar-refractivity contribution in [3.8, 4) is 0 Å². The lowest BCUT2D eigenvalue weighted by Gasteiger charge is -2.19. The highest BCUT2D eigenvalue weighted by Crippen LogP contribution is 2.27. The average molecular weight is 397 g/mol. The summed E-state index contributed by atoms with van der Waals surface area (Å²) in [6.07, 6.45) is 8.13. The Bertz CT molecular complexity index is 608. The lowest BCUT2D eigenvalue weighted by molar-refractivity contribution is 0.564. The van der Waals surface area contributed by atoms with E-state index in [4.69, 9.17) is 10.2 Å². The molecule has 112 valence electrons. The Kier molecular flexibility index (Phi) is 5.67. The van der Waals surface area contributed by atoms with Crippen LogP contribution in [0, 0.1) is 0 Å². The number of furan rings is 1. The molecule has 0 saturated carbocycles. The highest BCUT2D eigenvalue weighted by molar-refractivity contribution is 14.0. The van der Waals surface area contributed by atoms with Gasteiger partial charge in [-0.3, -0.25) is 0 Å². The number of aliphatic imine (C=N–C) groups is 1. The average Bonchev–Trinajstić information content (AvgIpc) is 2.99. The Labute approximate surface area is 141 Å². The molecule has 0 amide bonds. The number of nitrogens with one attached hydrogen (secondary N) is 1. The number of halogens is 1. The van der Waals surface area contributed by atoms with Gasteiger partial charge in [0.05, 0.1) is 19.1 Å². The van der Waals surface area contributed by atoms with Crippen LogP contribution in [-0.4, -0.2) is 5.96 Å². The van der Waals surface area contributed by atoms with Crippen LogP contribution in [0.15, 0.2) is 46.2 Å². The van der Waals surface area contributed by atoms with Gasteiger partial charge in [0.1, 0.15) is 0 Å². The summed E-state index contributed by atoms with van der Waals surface area (Å²) in [7, 11) is 0. The van der Waals surface area contributed by atoms with Gasteiger partial charge in [-0.2, -0.15) is 0 Å². The van der Waals surface area contributed by atoms with Gasteiger partial charge >= 0.3 is 0 Å². The van der Waals surface area contributed by atoms with Crippen LogP contribution < -0.4 is 11.1 Å². The molecule has 1 aromatic carbocycles. The predicted molar refractivity (Wildman–Crippen MR) is 96.2 cm³/mol. The third kappa shape index (κ3) is 4.00. The molecule has 0 unspecified atom stereocenters. The minimum Gasteiger partial charge on any atom is -0.472 e. The van der Waals surface area contributed by atoms with Crippen LogP contribution in [0.4, 0.5) is 5.69 Å². The molecule has 0 saturated heterocycles. The molecule has 1 aliphatic carbocycles. The summed E-state index contributed by atoms with van der Waals surface area (Å²) < 4.78 is 5.01. The first kappa shape index (κ1) is 15.9. The van der Waals surface area contributed by atoms with Crippen LogP contribution in [0.2, 0.25) is 0 Å². The maximum Gasteiger partial charge on any atom is 0.193 e. The number of nitrogens with two attached hydrogens (primary N) is 1. The zero-order valence-corrected chi connectivity index (χ0v) is 14.2. The molecule has 5 heteroatoms. The van der Waals surface area contributed by atoms with Gasteiger partial charge in [-0.25, -0.2) is 4.99 Å². The lowest BCUT2D eigenvalue weighted by atomic mass is 9.90. The van der Waals surface area contributed by atoms with E-state index in [0.29, 0.717) is 12.5 Å². The molecule has 21 heavy (non-hydrogen) atoms. The van der Waals surface area contributed by atoms with Crippen LogP contribution in [0.1, 0.15) is 29.5 Å². The third-order valence-corrected chi connectivity index (χ3v) is 3.67. The number of hydrogen-bond acceptors (Lipinski definition) is 2. The van der Waals surface area contributed by atoms with Gasteiger partial charge in [-0.1, -0.05) is 12.1 Å². The van der Waals surface area contributed by atoms with E-state index in [1.165, 1.54) is 24.0 Å². The van der Waals surface area contributed by atoms with E-state index in [2.05, 4.69) is 28.5 Å². The van der Waals surface area contributed by atoms with Gasteiger partial charge in [0, 0.05) is 11.3 Å². The molecule has 1 aromatic heterocycles. The first-order chi connectivity index (χ1) is 9.83. The van der Waals surface area contributed by atoms with Crippen molar-refractivity contribution < 1.29 is 4.42 Å². The second-order valence-corrected chi connectivity index (χ2v) is 5.11. The van der Waals surface area contributed by atoms with Crippen LogP contribution in [0.3, 0.4) is 0 Å². The molecule has 0 fully saturated rings. The number of fused-ring (bicyclic) bond motifs is 1.